The normalized spacial score (nSPS) is 10.8. The van der Waals surface area contributed by atoms with Crippen molar-refractivity contribution in [3.8, 4) is 0 Å². The van der Waals surface area contributed by atoms with Crippen molar-refractivity contribution >= 4 is 5.97 Å². The Labute approximate surface area is 156 Å². The van der Waals surface area contributed by atoms with Gasteiger partial charge in [0.25, 0.3) is 5.56 Å². The molecule has 0 amide bonds. The second-order valence-electron chi connectivity index (χ2n) is 6.29. The van der Waals surface area contributed by atoms with Crippen LogP contribution < -0.4 is 11.0 Å². The monoisotopic (exact) mass is 370 g/mol. The molecule has 9 heteroatoms. The number of nitrogens with zero attached hydrogens (tertiary/aromatic N) is 5. The third kappa shape index (κ3) is 3.62. The lowest BCUT2D eigenvalue weighted by Gasteiger charge is -2.13. The maximum absolute atomic E-state index is 12.7. The number of hydrogen-bond acceptors (Lipinski definition) is 6. The number of nitrogens with one attached hydrogen (secondary N) is 1. The van der Waals surface area contributed by atoms with Crippen molar-refractivity contribution < 1.29 is 9.53 Å². The van der Waals surface area contributed by atoms with Gasteiger partial charge < -0.3 is 10.2 Å². The van der Waals surface area contributed by atoms with Gasteiger partial charge in [-0.1, -0.05) is 0 Å². The number of aromatic nitrogens is 5. The van der Waals surface area contributed by atoms with Gasteiger partial charge in [-0.05, 0) is 44.0 Å². The first kappa shape index (κ1) is 18.4. The van der Waals surface area contributed by atoms with E-state index < -0.39 is 5.97 Å². The average Bonchev–Trinajstić information content (AvgIpc) is 3.25. The number of carbonyl (C=O) groups is 1. The topological polar surface area (TPSA) is 96.0 Å². The van der Waals surface area contributed by atoms with Crippen LogP contribution in [0.1, 0.15) is 28.1 Å². The molecule has 0 atom stereocenters. The highest BCUT2D eigenvalue weighted by molar-refractivity contribution is 5.72. The molecule has 0 radical (unpaired) electrons. The summed E-state index contributed by atoms with van der Waals surface area (Å²) in [7, 11) is 1.31. The maximum Gasteiger partial charge on any atom is 0.310 e. The number of carbonyl (C=O) groups excluding carboxylic acids is 1. The minimum absolute atomic E-state index is 0.0498. The van der Waals surface area contributed by atoms with Crippen LogP contribution in [0.15, 0.2) is 35.8 Å². The van der Waals surface area contributed by atoms with Gasteiger partial charge in [-0.3, -0.25) is 14.3 Å². The molecular weight excluding hydrogens is 348 g/mol. The van der Waals surface area contributed by atoms with E-state index in [4.69, 9.17) is 0 Å². The highest BCUT2D eigenvalue weighted by Gasteiger charge is 2.14. The number of rotatable bonds is 6. The molecule has 27 heavy (non-hydrogen) atoms. The van der Waals surface area contributed by atoms with Crippen LogP contribution in [0.3, 0.4) is 0 Å². The Hall–Kier alpha value is -3.36. The number of ether oxygens (including phenoxy) is 1. The minimum atomic E-state index is -0.439. The minimum Gasteiger partial charge on any atom is -0.469 e. The molecular formula is C18H22N6O3. The summed E-state index contributed by atoms with van der Waals surface area (Å²) in [4.78, 5) is 24.2. The third-order valence-electron chi connectivity index (χ3n) is 4.55. The van der Waals surface area contributed by atoms with E-state index in [-0.39, 0.29) is 12.0 Å². The molecule has 142 valence electrons. The summed E-state index contributed by atoms with van der Waals surface area (Å²) in [5, 5.41) is 7.67. The average molecular weight is 370 g/mol. The molecule has 0 aliphatic carbocycles. The molecule has 1 N–H and O–H groups in total. The van der Waals surface area contributed by atoms with Gasteiger partial charge in [0, 0.05) is 23.1 Å². The molecule has 3 aromatic heterocycles. The Morgan fingerprint density at radius 1 is 1.22 bits per heavy atom. The second kappa shape index (κ2) is 7.48. The van der Waals surface area contributed by atoms with E-state index >= 15 is 0 Å². The number of pyridine rings is 1. The van der Waals surface area contributed by atoms with Gasteiger partial charge in [0.1, 0.15) is 12.7 Å². The van der Waals surface area contributed by atoms with Crippen LogP contribution in [0.5, 0.6) is 0 Å². The van der Waals surface area contributed by atoms with Crippen molar-refractivity contribution in [1.29, 1.82) is 0 Å². The number of aryl methyl sites for hydroxylation is 2. The summed E-state index contributed by atoms with van der Waals surface area (Å²) < 4.78 is 9.85. The molecule has 3 aromatic rings. The Bertz CT molecular complexity index is 1020. The predicted molar refractivity (Wildman–Crippen MR) is 98.9 cm³/mol. The highest BCUT2D eigenvalue weighted by Crippen LogP contribution is 2.15. The SMILES string of the molecule is COC(=O)Cc1c(C)ccn(NCc2cc(C)n(-n3cnnc3)c2C)c1=O. The fraction of sp³-hybridized carbons (Fsp3) is 0.333. The van der Waals surface area contributed by atoms with E-state index in [2.05, 4.69) is 20.4 Å². The predicted octanol–water partition coefficient (Wildman–Crippen LogP) is 0.937. The maximum atomic E-state index is 12.7. The van der Waals surface area contributed by atoms with Crippen LogP contribution in [0.2, 0.25) is 0 Å². The van der Waals surface area contributed by atoms with E-state index in [1.165, 1.54) is 11.8 Å². The van der Waals surface area contributed by atoms with Gasteiger partial charge in [-0.25, -0.2) is 9.35 Å². The number of esters is 1. The fourth-order valence-corrected chi connectivity index (χ4v) is 3.05. The lowest BCUT2D eigenvalue weighted by Crippen LogP contribution is -2.32. The van der Waals surface area contributed by atoms with E-state index in [0.29, 0.717) is 12.1 Å². The molecule has 3 rings (SSSR count). The largest absolute Gasteiger partial charge is 0.469 e. The van der Waals surface area contributed by atoms with E-state index in [1.54, 1.807) is 36.5 Å². The highest BCUT2D eigenvalue weighted by atomic mass is 16.5. The van der Waals surface area contributed by atoms with E-state index in [1.807, 2.05) is 24.6 Å². The van der Waals surface area contributed by atoms with E-state index in [9.17, 15) is 9.59 Å². The molecule has 0 unspecified atom stereocenters. The summed E-state index contributed by atoms with van der Waals surface area (Å²) >= 11 is 0. The van der Waals surface area contributed by atoms with Gasteiger partial charge >= 0.3 is 5.97 Å². The lowest BCUT2D eigenvalue weighted by atomic mass is 10.1. The first-order chi connectivity index (χ1) is 12.9. The fourth-order valence-electron chi connectivity index (χ4n) is 3.05. The molecule has 9 nitrogen and oxygen atoms in total. The first-order valence-corrected chi connectivity index (χ1v) is 8.47. The van der Waals surface area contributed by atoms with Gasteiger partial charge in [0.15, 0.2) is 0 Å². The zero-order valence-corrected chi connectivity index (χ0v) is 15.8. The summed E-state index contributed by atoms with van der Waals surface area (Å²) in [5.41, 5.74) is 7.10. The van der Waals surface area contributed by atoms with Gasteiger partial charge in [-0.15, -0.1) is 10.2 Å². The van der Waals surface area contributed by atoms with Gasteiger partial charge in [-0.2, -0.15) is 0 Å². The summed E-state index contributed by atoms with van der Waals surface area (Å²) in [5.74, 6) is -0.439. The van der Waals surface area contributed by atoms with Crippen LogP contribution in [0, 0.1) is 20.8 Å². The third-order valence-corrected chi connectivity index (χ3v) is 4.55. The zero-order chi connectivity index (χ0) is 19.6. The summed E-state index contributed by atoms with van der Waals surface area (Å²) in [6.07, 6.45) is 4.87. The van der Waals surface area contributed by atoms with Crippen LogP contribution in [-0.2, 0) is 22.5 Å². The van der Waals surface area contributed by atoms with Crippen LogP contribution in [0.25, 0.3) is 0 Å². The Morgan fingerprint density at radius 3 is 2.59 bits per heavy atom. The molecule has 0 saturated carbocycles. The van der Waals surface area contributed by atoms with Crippen molar-refractivity contribution in [1.82, 2.24) is 24.2 Å². The molecule has 0 fully saturated rings. The van der Waals surface area contributed by atoms with Gasteiger partial charge in [0.05, 0.1) is 20.1 Å². The zero-order valence-electron chi connectivity index (χ0n) is 15.8. The van der Waals surface area contributed by atoms with Crippen molar-refractivity contribution in [3.63, 3.8) is 0 Å². The van der Waals surface area contributed by atoms with Crippen molar-refractivity contribution in [3.05, 3.63) is 69.4 Å². The van der Waals surface area contributed by atoms with Crippen LogP contribution >= 0.6 is 0 Å². The van der Waals surface area contributed by atoms with Crippen molar-refractivity contribution in [2.24, 2.45) is 0 Å². The van der Waals surface area contributed by atoms with Crippen LogP contribution in [-0.4, -0.2) is 37.3 Å². The Kier molecular flexibility index (Phi) is 5.11. The summed E-state index contributed by atoms with van der Waals surface area (Å²) in [6.45, 7) is 6.23. The Balaban J connectivity index is 1.84. The smallest absolute Gasteiger partial charge is 0.310 e. The molecule has 0 spiro atoms. The van der Waals surface area contributed by atoms with Crippen molar-refractivity contribution in [2.45, 2.75) is 33.7 Å². The molecule has 0 aromatic carbocycles. The number of hydrogen-bond donors (Lipinski definition) is 1. The molecule has 0 aliphatic rings. The quantitative estimate of drug-likeness (QED) is 0.649. The van der Waals surface area contributed by atoms with E-state index in [0.717, 1.165) is 22.5 Å². The molecule has 0 saturated heterocycles. The first-order valence-electron chi connectivity index (χ1n) is 8.47. The molecule has 3 heterocycles. The molecule has 0 aliphatic heterocycles. The lowest BCUT2D eigenvalue weighted by molar-refractivity contribution is -0.139. The standard InChI is InChI=1S/C18H22N6O3/c1-12-5-6-23(18(26)16(12)8-17(25)27-4)21-9-15-7-13(2)24(14(15)3)22-10-19-20-11-22/h5-7,10-11,21H,8-9H2,1-4H3. The van der Waals surface area contributed by atoms with Crippen LogP contribution in [0.4, 0.5) is 0 Å². The van der Waals surface area contributed by atoms with Crippen molar-refractivity contribution in [2.75, 3.05) is 12.5 Å². The summed E-state index contributed by atoms with van der Waals surface area (Å²) in [6, 6.07) is 3.84. The van der Waals surface area contributed by atoms with Gasteiger partial charge in [0.2, 0.25) is 0 Å². The Morgan fingerprint density at radius 2 is 1.93 bits per heavy atom. The number of methoxy groups -OCH3 is 1. The molecule has 0 bridgehead atoms. The second-order valence-corrected chi connectivity index (χ2v) is 6.29.